The van der Waals surface area contributed by atoms with E-state index in [1.165, 1.54) is 0 Å². The third kappa shape index (κ3) is 1.48. The quantitative estimate of drug-likeness (QED) is 0.786. The highest BCUT2D eigenvalue weighted by Gasteiger charge is 2.23. The second-order valence-corrected chi connectivity index (χ2v) is 3.41. The van der Waals surface area contributed by atoms with Crippen LogP contribution in [-0.4, -0.2) is 22.0 Å². The summed E-state index contributed by atoms with van der Waals surface area (Å²) in [6, 6.07) is 3.31. The van der Waals surface area contributed by atoms with Gasteiger partial charge in [0.05, 0.1) is 12.1 Å². The Morgan fingerprint density at radius 2 is 2.24 bits per heavy atom. The Hall–Kier alpha value is -2.28. The molecule has 3 N–H and O–H groups in total. The van der Waals surface area contributed by atoms with Crippen molar-refractivity contribution in [2.24, 2.45) is 5.73 Å². The third-order valence-corrected chi connectivity index (χ3v) is 2.40. The van der Waals surface area contributed by atoms with E-state index < -0.39 is 0 Å². The lowest BCUT2D eigenvalue weighted by molar-refractivity contribution is 0.171. The first-order chi connectivity index (χ1) is 8.29. The molecule has 88 valence electrons. The molecule has 0 fully saturated rings. The van der Waals surface area contributed by atoms with Crippen LogP contribution in [0.5, 0.6) is 17.2 Å². The van der Waals surface area contributed by atoms with Gasteiger partial charge in [-0.05, 0) is 12.1 Å². The van der Waals surface area contributed by atoms with Crippen LogP contribution in [0.15, 0.2) is 16.7 Å². The van der Waals surface area contributed by atoms with Gasteiger partial charge in [0.2, 0.25) is 24.3 Å². The minimum Gasteiger partial charge on any atom is -0.504 e. The highest BCUT2D eigenvalue weighted by molar-refractivity contribution is 5.71. The molecular formula is C10H9N3O4. The zero-order valence-electron chi connectivity index (χ0n) is 8.71. The topological polar surface area (TPSA) is 104 Å². The van der Waals surface area contributed by atoms with Gasteiger partial charge in [0.1, 0.15) is 0 Å². The highest BCUT2D eigenvalue weighted by atomic mass is 16.7. The molecule has 0 amide bonds. The predicted octanol–water partition coefficient (Wildman–Crippen LogP) is 0.630. The van der Waals surface area contributed by atoms with Gasteiger partial charge in [0.15, 0.2) is 11.5 Å². The van der Waals surface area contributed by atoms with Crippen LogP contribution >= 0.6 is 0 Å². The molecule has 1 aromatic carbocycles. The summed E-state index contributed by atoms with van der Waals surface area (Å²) in [6.45, 7) is 0.241. The molecule has 0 radical (unpaired) electrons. The zero-order chi connectivity index (χ0) is 11.8. The molecule has 0 saturated heterocycles. The molecule has 1 aromatic heterocycles. The number of rotatable bonds is 2. The summed E-state index contributed by atoms with van der Waals surface area (Å²) in [4.78, 5) is 4.03. The summed E-state index contributed by atoms with van der Waals surface area (Å²) in [5.74, 6) is 1.29. The fourth-order valence-electron chi connectivity index (χ4n) is 1.59. The Balaban J connectivity index is 2.09. The van der Waals surface area contributed by atoms with Crippen LogP contribution in [0.4, 0.5) is 0 Å². The SMILES string of the molecule is NCc1nc(-c2ccc3c(c2O)OCO3)no1. The van der Waals surface area contributed by atoms with Crippen molar-refractivity contribution in [2.45, 2.75) is 6.54 Å². The molecule has 0 bridgehead atoms. The number of nitrogens with zero attached hydrogens (tertiary/aromatic N) is 2. The maximum atomic E-state index is 9.99. The summed E-state index contributed by atoms with van der Waals surface area (Å²) in [7, 11) is 0. The number of aromatic hydroxyl groups is 1. The van der Waals surface area contributed by atoms with Gasteiger partial charge in [-0.25, -0.2) is 0 Å². The van der Waals surface area contributed by atoms with Crippen molar-refractivity contribution in [3.63, 3.8) is 0 Å². The zero-order valence-corrected chi connectivity index (χ0v) is 8.71. The number of fused-ring (bicyclic) bond motifs is 1. The van der Waals surface area contributed by atoms with Crippen molar-refractivity contribution < 1.29 is 19.1 Å². The maximum absolute atomic E-state index is 9.99. The van der Waals surface area contributed by atoms with E-state index in [1.54, 1.807) is 12.1 Å². The summed E-state index contributed by atoms with van der Waals surface area (Å²) in [6.07, 6.45) is 0. The Kier molecular flexibility index (Phi) is 2.12. The first-order valence-electron chi connectivity index (χ1n) is 4.94. The number of benzene rings is 1. The lowest BCUT2D eigenvalue weighted by atomic mass is 10.1. The van der Waals surface area contributed by atoms with Crippen molar-refractivity contribution >= 4 is 0 Å². The smallest absolute Gasteiger partial charge is 0.240 e. The Morgan fingerprint density at radius 3 is 3.00 bits per heavy atom. The first kappa shape index (κ1) is 9.91. The number of aromatic nitrogens is 2. The lowest BCUT2D eigenvalue weighted by Gasteiger charge is -2.02. The van der Waals surface area contributed by atoms with Gasteiger partial charge in [-0.2, -0.15) is 4.98 Å². The summed E-state index contributed by atoms with van der Waals surface area (Å²) in [5, 5.41) is 13.7. The minimum absolute atomic E-state index is 0.0654. The molecule has 0 unspecified atom stereocenters. The number of ether oxygens (including phenoxy) is 2. The molecule has 0 spiro atoms. The second-order valence-electron chi connectivity index (χ2n) is 3.41. The van der Waals surface area contributed by atoms with Crippen molar-refractivity contribution in [2.75, 3.05) is 6.79 Å². The van der Waals surface area contributed by atoms with Gasteiger partial charge in [-0.15, -0.1) is 0 Å². The average Bonchev–Trinajstić information content (AvgIpc) is 2.97. The fraction of sp³-hybridized carbons (Fsp3) is 0.200. The third-order valence-electron chi connectivity index (χ3n) is 2.40. The van der Waals surface area contributed by atoms with E-state index in [9.17, 15) is 5.11 Å². The van der Waals surface area contributed by atoms with Gasteiger partial charge >= 0.3 is 0 Å². The van der Waals surface area contributed by atoms with Gasteiger partial charge in [-0.3, -0.25) is 0 Å². The molecule has 1 aliphatic heterocycles. The van der Waals surface area contributed by atoms with E-state index in [0.29, 0.717) is 23.0 Å². The molecule has 7 nitrogen and oxygen atoms in total. The minimum atomic E-state index is -0.0654. The monoisotopic (exact) mass is 235 g/mol. The molecule has 2 aromatic rings. The van der Waals surface area contributed by atoms with E-state index in [0.717, 1.165) is 0 Å². The van der Waals surface area contributed by atoms with Crippen LogP contribution in [0.2, 0.25) is 0 Å². The normalized spacial score (nSPS) is 13.0. The van der Waals surface area contributed by atoms with Gasteiger partial charge in [0, 0.05) is 0 Å². The predicted molar refractivity (Wildman–Crippen MR) is 55.4 cm³/mol. The molecule has 2 heterocycles. The summed E-state index contributed by atoms with van der Waals surface area (Å²) < 4.78 is 15.1. The molecule has 3 rings (SSSR count). The Bertz CT molecular complexity index is 567. The number of hydrogen-bond acceptors (Lipinski definition) is 7. The van der Waals surface area contributed by atoms with E-state index in [1.807, 2.05) is 0 Å². The van der Waals surface area contributed by atoms with Gasteiger partial charge in [0.25, 0.3) is 0 Å². The van der Waals surface area contributed by atoms with Gasteiger partial charge < -0.3 is 24.8 Å². The van der Waals surface area contributed by atoms with Crippen LogP contribution in [0.1, 0.15) is 5.89 Å². The molecule has 7 heteroatoms. The number of hydrogen-bond donors (Lipinski definition) is 2. The largest absolute Gasteiger partial charge is 0.504 e. The summed E-state index contributed by atoms with van der Waals surface area (Å²) >= 11 is 0. The molecule has 1 aliphatic rings. The van der Waals surface area contributed by atoms with E-state index in [2.05, 4.69) is 10.1 Å². The van der Waals surface area contributed by atoms with Crippen LogP contribution in [0.25, 0.3) is 11.4 Å². The van der Waals surface area contributed by atoms with Crippen LogP contribution in [-0.2, 0) is 6.54 Å². The van der Waals surface area contributed by atoms with Crippen molar-refractivity contribution in [3.8, 4) is 28.6 Å². The first-order valence-corrected chi connectivity index (χ1v) is 4.94. The van der Waals surface area contributed by atoms with Crippen molar-refractivity contribution in [3.05, 3.63) is 18.0 Å². The van der Waals surface area contributed by atoms with Gasteiger partial charge in [-0.1, -0.05) is 5.16 Å². The van der Waals surface area contributed by atoms with Crippen molar-refractivity contribution in [1.82, 2.24) is 10.1 Å². The summed E-state index contributed by atoms with van der Waals surface area (Å²) in [5.41, 5.74) is 5.78. The molecular weight excluding hydrogens is 226 g/mol. The van der Waals surface area contributed by atoms with Crippen molar-refractivity contribution in [1.29, 1.82) is 0 Å². The fourth-order valence-corrected chi connectivity index (χ4v) is 1.59. The average molecular weight is 235 g/mol. The molecule has 17 heavy (non-hydrogen) atoms. The van der Waals surface area contributed by atoms with Crippen LogP contribution in [0.3, 0.4) is 0 Å². The molecule has 0 saturated carbocycles. The van der Waals surface area contributed by atoms with E-state index >= 15 is 0 Å². The van der Waals surface area contributed by atoms with Crippen LogP contribution in [0, 0.1) is 0 Å². The number of phenols is 1. The number of nitrogens with two attached hydrogens (primary N) is 1. The Morgan fingerprint density at radius 1 is 1.35 bits per heavy atom. The van der Waals surface area contributed by atoms with E-state index in [-0.39, 0.29) is 24.9 Å². The molecule has 0 atom stereocenters. The van der Waals surface area contributed by atoms with E-state index in [4.69, 9.17) is 19.7 Å². The highest BCUT2D eigenvalue weighted by Crippen LogP contribution is 2.45. The lowest BCUT2D eigenvalue weighted by Crippen LogP contribution is -1.95. The number of phenolic OH excluding ortho intramolecular Hbond substituents is 1. The molecule has 0 aliphatic carbocycles. The maximum Gasteiger partial charge on any atom is 0.240 e. The van der Waals surface area contributed by atoms with Crippen LogP contribution < -0.4 is 15.2 Å². The Labute approximate surface area is 95.8 Å². The standard InChI is InChI=1S/C10H9N3O4/c11-3-7-12-10(13-17-7)5-1-2-6-9(8(5)14)16-4-15-6/h1-2,14H,3-4,11H2. The second kappa shape index (κ2) is 3.63.